The maximum Gasteiger partial charge on any atom is 0.343 e. The third-order valence-electron chi connectivity index (χ3n) is 2.28. The second kappa shape index (κ2) is 3.47. The predicted molar refractivity (Wildman–Crippen MR) is 48.5 cm³/mol. The quantitative estimate of drug-likeness (QED) is 0.292. The van der Waals surface area contributed by atoms with E-state index in [1.54, 1.807) is 19.1 Å². The lowest BCUT2D eigenvalue weighted by molar-refractivity contribution is -0.432. The molecule has 0 spiro atoms. The van der Waals surface area contributed by atoms with Gasteiger partial charge in [-0.2, -0.15) is 0 Å². The molecule has 0 saturated carbocycles. The maximum atomic E-state index is 11.5. The van der Waals surface area contributed by atoms with Crippen molar-refractivity contribution in [2.24, 2.45) is 0 Å². The van der Waals surface area contributed by atoms with E-state index in [4.69, 9.17) is 9.47 Å². The molecule has 0 aromatic carbocycles. The largest absolute Gasteiger partial charge is 0.462 e. The van der Waals surface area contributed by atoms with E-state index in [0.717, 1.165) is 0 Å². The third-order valence-corrected chi connectivity index (χ3v) is 2.28. The van der Waals surface area contributed by atoms with E-state index in [9.17, 15) is 14.9 Å². The van der Waals surface area contributed by atoms with Crippen molar-refractivity contribution < 1.29 is 19.2 Å². The Labute approximate surface area is 85.3 Å². The van der Waals surface area contributed by atoms with E-state index in [1.807, 2.05) is 0 Å². The molecule has 2 bridgehead atoms. The third kappa shape index (κ3) is 1.42. The van der Waals surface area contributed by atoms with Crippen LogP contribution in [0.1, 0.15) is 6.92 Å². The number of hydrogen-bond acceptors (Lipinski definition) is 5. The molecule has 2 rings (SSSR count). The van der Waals surface area contributed by atoms with Crippen LogP contribution in [0.3, 0.4) is 0 Å². The molecular weight excluding hydrogens is 202 g/mol. The normalized spacial score (nSPS) is 27.3. The summed E-state index contributed by atoms with van der Waals surface area (Å²) in [7, 11) is 0. The van der Waals surface area contributed by atoms with Crippen LogP contribution >= 0.6 is 0 Å². The van der Waals surface area contributed by atoms with Crippen LogP contribution in [0.5, 0.6) is 0 Å². The highest BCUT2D eigenvalue weighted by molar-refractivity contribution is 5.92. The van der Waals surface area contributed by atoms with Crippen molar-refractivity contribution in [3.05, 3.63) is 33.5 Å². The highest BCUT2D eigenvalue weighted by Gasteiger charge is 2.47. The minimum atomic E-state index is -0.704. The van der Waals surface area contributed by atoms with Crippen molar-refractivity contribution >= 4 is 5.97 Å². The first kappa shape index (κ1) is 9.85. The summed E-state index contributed by atoms with van der Waals surface area (Å²) in [6.07, 6.45) is 1.88. The molecule has 0 aromatic rings. The van der Waals surface area contributed by atoms with Gasteiger partial charge in [0.15, 0.2) is 6.10 Å². The summed E-state index contributed by atoms with van der Waals surface area (Å²) in [5.41, 5.74) is -0.171. The fourth-order valence-corrected chi connectivity index (χ4v) is 1.70. The zero-order valence-electron chi connectivity index (χ0n) is 8.00. The van der Waals surface area contributed by atoms with Crippen LogP contribution in [-0.4, -0.2) is 29.7 Å². The fourth-order valence-electron chi connectivity index (χ4n) is 1.70. The van der Waals surface area contributed by atoms with Gasteiger partial charge in [0.2, 0.25) is 0 Å². The number of hydrogen-bond donors (Lipinski definition) is 0. The molecule has 6 heteroatoms. The van der Waals surface area contributed by atoms with Crippen molar-refractivity contribution in [3.63, 3.8) is 0 Å². The molecule has 0 fully saturated rings. The second-order valence-corrected chi connectivity index (χ2v) is 3.14. The summed E-state index contributed by atoms with van der Waals surface area (Å²) < 4.78 is 9.94. The number of ether oxygens (including phenoxy) is 2. The number of esters is 1. The zero-order valence-corrected chi connectivity index (χ0v) is 8.00. The monoisotopic (exact) mass is 211 g/mol. The molecule has 0 aromatic heterocycles. The van der Waals surface area contributed by atoms with Crippen LogP contribution in [0.2, 0.25) is 0 Å². The molecule has 0 aliphatic carbocycles. The summed E-state index contributed by atoms with van der Waals surface area (Å²) in [5, 5.41) is 10.7. The smallest absolute Gasteiger partial charge is 0.343 e. The Balaban J connectivity index is 2.34. The Morgan fingerprint density at radius 1 is 1.60 bits per heavy atom. The summed E-state index contributed by atoms with van der Waals surface area (Å²) in [6.45, 7) is 1.84. The number of nitro groups is 1. The van der Waals surface area contributed by atoms with Crippen molar-refractivity contribution in [2.75, 3.05) is 6.61 Å². The topological polar surface area (TPSA) is 78.7 Å². The van der Waals surface area contributed by atoms with Crippen molar-refractivity contribution in [3.8, 4) is 0 Å². The summed E-state index contributed by atoms with van der Waals surface area (Å²) >= 11 is 0. The fraction of sp³-hybridized carbons (Fsp3) is 0.444. The minimum absolute atomic E-state index is 0.0225. The van der Waals surface area contributed by atoms with Gasteiger partial charge in [0.05, 0.1) is 11.5 Å². The molecule has 0 amide bonds. The maximum absolute atomic E-state index is 11.5. The lowest BCUT2D eigenvalue weighted by Gasteiger charge is -2.06. The van der Waals surface area contributed by atoms with Crippen molar-refractivity contribution in [2.45, 2.75) is 19.1 Å². The van der Waals surface area contributed by atoms with Crippen LogP contribution in [-0.2, 0) is 14.3 Å². The van der Waals surface area contributed by atoms with Gasteiger partial charge in [-0.1, -0.05) is 6.08 Å². The average molecular weight is 211 g/mol. The van der Waals surface area contributed by atoms with E-state index >= 15 is 0 Å². The van der Waals surface area contributed by atoms with Crippen LogP contribution in [0.25, 0.3) is 0 Å². The summed E-state index contributed by atoms with van der Waals surface area (Å²) in [6, 6.07) is 0. The molecular formula is C9H9NO5. The number of nitrogens with zero attached hydrogens (tertiary/aromatic N) is 1. The molecule has 80 valence electrons. The van der Waals surface area contributed by atoms with Gasteiger partial charge in [0.1, 0.15) is 11.7 Å². The molecule has 2 aliphatic heterocycles. The molecule has 6 nitrogen and oxygen atoms in total. The number of rotatable bonds is 3. The van der Waals surface area contributed by atoms with Crippen molar-refractivity contribution in [1.29, 1.82) is 0 Å². The molecule has 2 aliphatic rings. The average Bonchev–Trinajstić information content (AvgIpc) is 2.76. The first-order valence-corrected chi connectivity index (χ1v) is 4.54. The number of carbonyl (C=O) groups excluding carboxylic acids is 1. The Hall–Kier alpha value is -1.69. The van der Waals surface area contributed by atoms with Crippen LogP contribution in [0, 0.1) is 10.1 Å². The molecule has 0 saturated heterocycles. The van der Waals surface area contributed by atoms with Crippen molar-refractivity contribution in [1.82, 2.24) is 0 Å². The van der Waals surface area contributed by atoms with Gasteiger partial charge >= 0.3 is 5.97 Å². The Morgan fingerprint density at radius 3 is 2.87 bits per heavy atom. The van der Waals surface area contributed by atoms with Gasteiger partial charge < -0.3 is 9.47 Å². The van der Waals surface area contributed by atoms with Gasteiger partial charge in [-0.3, -0.25) is 10.1 Å². The Morgan fingerprint density at radius 2 is 2.27 bits per heavy atom. The van der Waals surface area contributed by atoms with Gasteiger partial charge in [-0.05, 0) is 13.0 Å². The molecule has 2 heterocycles. The lowest BCUT2D eigenvalue weighted by atomic mass is 10.0. The summed E-state index contributed by atoms with van der Waals surface area (Å²) in [4.78, 5) is 21.6. The predicted octanol–water partition coefficient (Wildman–Crippen LogP) is 0.417. The van der Waals surface area contributed by atoms with E-state index in [2.05, 4.69) is 0 Å². The number of carbonyl (C=O) groups is 1. The highest BCUT2D eigenvalue weighted by atomic mass is 16.6. The molecule has 2 atom stereocenters. The molecule has 0 radical (unpaired) electrons. The van der Waals surface area contributed by atoms with E-state index in [-0.39, 0.29) is 17.9 Å². The van der Waals surface area contributed by atoms with Gasteiger partial charge in [0, 0.05) is 0 Å². The zero-order chi connectivity index (χ0) is 11.0. The van der Waals surface area contributed by atoms with Crippen LogP contribution in [0.15, 0.2) is 23.4 Å². The van der Waals surface area contributed by atoms with Crippen LogP contribution < -0.4 is 0 Å². The molecule has 2 unspecified atom stereocenters. The SMILES string of the molecule is CCOC(=O)C1=C([N+](=O)[O-])C2C=CC1O2. The van der Waals surface area contributed by atoms with E-state index in [1.165, 1.54) is 0 Å². The van der Waals surface area contributed by atoms with E-state index < -0.39 is 23.1 Å². The first-order chi connectivity index (χ1) is 7.15. The highest BCUT2D eigenvalue weighted by Crippen LogP contribution is 2.35. The summed E-state index contributed by atoms with van der Waals surface area (Å²) in [5.74, 6) is -0.666. The lowest BCUT2D eigenvalue weighted by Crippen LogP contribution is -2.20. The van der Waals surface area contributed by atoms with Gasteiger partial charge in [-0.25, -0.2) is 4.79 Å². The van der Waals surface area contributed by atoms with Gasteiger partial charge in [0.25, 0.3) is 5.70 Å². The standard InChI is InChI=1S/C9H9NO5/c1-2-14-9(11)7-5-3-4-6(15-5)8(7)10(12)13/h3-6H,2H2,1H3. The molecule has 0 N–H and O–H groups in total. The Bertz CT molecular complexity index is 384. The van der Waals surface area contributed by atoms with Crippen LogP contribution in [0.4, 0.5) is 0 Å². The first-order valence-electron chi connectivity index (χ1n) is 4.54. The van der Waals surface area contributed by atoms with E-state index in [0.29, 0.717) is 0 Å². The second-order valence-electron chi connectivity index (χ2n) is 3.14. The van der Waals surface area contributed by atoms with Gasteiger partial charge in [-0.15, -0.1) is 0 Å². The molecule has 15 heavy (non-hydrogen) atoms. The minimum Gasteiger partial charge on any atom is -0.462 e. The number of fused-ring (bicyclic) bond motifs is 2. The Kier molecular flexibility index (Phi) is 2.28.